The highest BCUT2D eigenvalue weighted by atomic mass is 32.1. The molecule has 72 valence electrons. The van der Waals surface area contributed by atoms with Gasteiger partial charge in [-0.3, -0.25) is 0 Å². The van der Waals surface area contributed by atoms with Gasteiger partial charge < -0.3 is 5.11 Å². The summed E-state index contributed by atoms with van der Waals surface area (Å²) in [6.45, 7) is 0. The van der Waals surface area contributed by atoms with Crippen molar-refractivity contribution in [3.63, 3.8) is 0 Å². The molecule has 0 radical (unpaired) electrons. The summed E-state index contributed by atoms with van der Waals surface area (Å²) >= 11 is 5.47. The van der Waals surface area contributed by atoms with E-state index in [1.807, 2.05) is 18.2 Å². The van der Waals surface area contributed by atoms with E-state index in [-0.39, 0.29) is 0 Å². The van der Waals surface area contributed by atoms with Gasteiger partial charge in [-0.2, -0.15) is 12.6 Å². The van der Waals surface area contributed by atoms with E-state index in [1.54, 1.807) is 6.07 Å². The van der Waals surface area contributed by atoms with Crippen molar-refractivity contribution in [3.8, 4) is 0 Å². The molecule has 0 fully saturated rings. The summed E-state index contributed by atoms with van der Waals surface area (Å²) in [5.74, 6) is -0.188. The molecule has 0 aliphatic rings. The van der Waals surface area contributed by atoms with Gasteiger partial charge in [-0.1, -0.05) is 6.07 Å². The minimum absolute atomic E-state index is 0.385. The van der Waals surface area contributed by atoms with Crippen LogP contribution >= 0.6 is 24.0 Å². The molecule has 0 bridgehead atoms. The maximum absolute atomic E-state index is 10.7. The third-order valence-corrected chi connectivity index (χ3v) is 3.44. The summed E-state index contributed by atoms with van der Waals surface area (Å²) < 4.78 is 1.01. The lowest BCUT2D eigenvalue weighted by Gasteiger charge is -1.94. The first kappa shape index (κ1) is 9.55. The molecule has 1 heterocycles. The van der Waals surface area contributed by atoms with Crippen molar-refractivity contribution in [1.29, 1.82) is 0 Å². The molecular weight excluding hydrogens is 216 g/mol. The van der Waals surface area contributed by atoms with Gasteiger partial charge in [0.1, 0.15) is 4.88 Å². The Morgan fingerprint density at radius 3 is 2.86 bits per heavy atom. The second kappa shape index (κ2) is 3.63. The first-order valence-electron chi connectivity index (χ1n) is 4.07. The number of carbonyl (C=O) groups is 1. The second-order valence-corrected chi connectivity index (χ2v) is 4.35. The Morgan fingerprint density at radius 2 is 2.21 bits per heavy atom. The quantitative estimate of drug-likeness (QED) is 0.769. The Balaban J connectivity index is 2.60. The molecule has 1 aromatic heterocycles. The Bertz CT molecular complexity index is 488. The van der Waals surface area contributed by atoms with E-state index >= 15 is 0 Å². The van der Waals surface area contributed by atoms with Crippen LogP contribution in [0.3, 0.4) is 0 Å². The second-order valence-electron chi connectivity index (χ2n) is 2.95. The highest BCUT2D eigenvalue weighted by molar-refractivity contribution is 7.79. The fourth-order valence-corrected chi connectivity index (χ4v) is 2.38. The molecule has 1 N–H and O–H groups in total. The molecule has 1 aromatic carbocycles. The lowest BCUT2D eigenvalue weighted by atomic mass is 10.2. The average Bonchev–Trinajstić information content (AvgIpc) is 2.59. The number of thiol groups is 1. The van der Waals surface area contributed by atoms with Crippen LogP contribution < -0.4 is 0 Å². The number of benzene rings is 1. The number of hydrogen-bond acceptors (Lipinski definition) is 3. The van der Waals surface area contributed by atoms with E-state index in [9.17, 15) is 4.79 Å². The van der Waals surface area contributed by atoms with Crippen LogP contribution in [0.25, 0.3) is 10.1 Å². The maximum atomic E-state index is 10.7. The summed E-state index contributed by atoms with van der Waals surface area (Å²) in [5.41, 5.74) is 1.11. The summed E-state index contributed by atoms with van der Waals surface area (Å²) in [4.78, 5) is 11.1. The number of rotatable bonds is 2. The van der Waals surface area contributed by atoms with E-state index in [0.29, 0.717) is 10.6 Å². The van der Waals surface area contributed by atoms with Crippen molar-refractivity contribution in [2.75, 3.05) is 0 Å². The number of fused-ring (bicyclic) bond motifs is 1. The van der Waals surface area contributed by atoms with Crippen molar-refractivity contribution in [2.24, 2.45) is 0 Å². The third-order valence-electron chi connectivity index (χ3n) is 1.97. The minimum atomic E-state index is -0.862. The van der Waals surface area contributed by atoms with Gasteiger partial charge in [0.15, 0.2) is 0 Å². The van der Waals surface area contributed by atoms with Gasteiger partial charge in [-0.15, -0.1) is 11.3 Å². The smallest absolute Gasteiger partial charge is 0.345 e. The Hall–Kier alpha value is -1.00. The molecule has 0 aliphatic heterocycles. The van der Waals surface area contributed by atoms with Crippen LogP contribution in [-0.4, -0.2) is 11.1 Å². The molecule has 0 amide bonds. The van der Waals surface area contributed by atoms with E-state index in [0.717, 1.165) is 15.6 Å². The molecule has 2 rings (SSSR count). The van der Waals surface area contributed by atoms with E-state index in [1.165, 1.54) is 11.3 Å². The molecule has 0 saturated heterocycles. The highest BCUT2D eigenvalue weighted by Crippen LogP contribution is 2.26. The number of hydrogen-bond donors (Lipinski definition) is 2. The van der Waals surface area contributed by atoms with Gasteiger partial charge in [-0.05, 0) is 29.1 Å². The van der Waals surface area contributed by atoms with Crippen molar-refractivity contribution in [1.82, 2.24) is 0 Å². The van der Waals surface area contributed by atoms with Gasteiger partial charge in [0.25, 0.3) is 0 Å². The average molecular weight is 224 g/mol. The summed E-state index contributed by atoms with van der Waals surface area (Å²) in [5, 5.41) is 9.79. The standard InChI is InChI=1S/C10H8O2S2/c11-10(12)9-4-7-3-6(5-13)1-2-8(7)14-9/h1-4,13H,5H2,(H,11,12). The molecule has 0 unspecified atom stereocenters. The number of carboxylic acid groups (broad SMARTS) is 1. The van der Waals surface area contributed by atoms with Crippen molar-refractivity contribution >= 4 is 40.0 Å². The van der Waals surface area contributed by atoms with Crippen molar-refractivity contribution < 1.29 is 9.90 Å². The normalized spacial score (nSPS) is 10.6. The largest absolute Gasteiger partial charge is 0.477 e. The fourth-order valence-electron chi connectivity index (χ4n) is 1.30. The Morgan fingerprint density at radius 1 is 1.43 bits per heavy atom. The monoisotopic (exact) mass is 224 g/mol. The molecule has 2 aromatic rings. The molecule has 0 spiro atoms. The number of thiophene rings is 1. The topological polar surface area (TPSA) is 37.3 Å². The van der Waals surface area contributed by atoms with Crippen LogP contribution in [0, 0.1) is 0 Å². The van der Waals surface area contributed by atoms with Gasteiger partial charge in [-0.25, -0.2) is 4.79 Å². The predicted octanol–water partition coefficient (Wildman–Crippen LogP) is 3.03. The molecule has 14 heavy (non-hydrogen) atoms. The zero-order valence-electron chi connectivity index (χ0n) is 7.23. The Kier molecular flexibility index (Phi) is 2.48. The first-order chi connectivity index (χ1) is 6.70. The highest BCUT2D eigenvalue weighted by Gasteiger charge is 2.07. The summed E-state index contributed by atoms with van der Waals surface area (Å²) in [6.07, 6.45) is 0. The van der Waals surface area contributed by atoms with Crippen LogP contribution in [0.5, 0.6) is 0 Å². The Labute approximate surface area is 90.6 Å². The van der Waals surface area contributed by atoms with Gasteiger partial charge in [0.2, 0.25) is 0 Å². The maximum Gasteiger partial charge on any atom is 0.345 e. The first-order valence-corrected chi connectivity index (χ1v) is 5.52. The third kappa shape index (κ3) is 1.63. The molecule has 0 atom stereocenters. The zero-order valence-corrected chi connectivity index (χ0v) is 8.94. The van der Waals surface area contributed by atoms with Crippen molar-refractivity contribution in [2.45, 2.75) is 5.75 Å². The van der Waals surface area contributed by atoms with Crippen molar-refractivity contribution in [3.05, 3.63) is 34.7 Å². The van der Waals surface area contributed by atoms with Gasteiger partial charge >= 0.3 is 5.97 Å². The molecule has 0 saturated carbocycles. The van der Waals surface area contributed by atoms with Gasteiger partial charge in [0.05, 0.1) is 0 Å². The van der Waals surface area contributed by atoms with Crippen LogP contribution in [0.2, 0.25) is 0 Å². The fraction of sp³-hybridized carbons (Fsp3) is 0.100. The van der Waals surface area contributed by atoms with Crippen LogP contribution in [-0.2, 0) is 5.75 Å². The van der Waals surface area contributed by atoms with E-state index < -0.39 is 5.97 Å². The predicted molar refractivity (Wildman–Crippen MR) is 61.5 cm³/mol. The lowest BCUT2D eigenvalue weighted by molar-refractivity contribution is 0.0702. The van der Waals surface area contributed by atoms with Crippen LogP contribution in [0.4, 0.5) is 0 Å². The lowest BCUT2D eigenvalue weighted by Crippen LogP contribution is -1.89. The summed E-state index contributed by atoms with van der Waals surface area (Å²) in [6, 6.07) is 7.59. The number of aromatic carboxylic acids is 1. The molecule has 2 nitrogen and oxygen atoms in total. The van der Waals surface area contributed by atoms with Crippen LogP contribution in [0.1, 0.15) is 15.2 Å². The van der Waals surface area contributed by atoms with E-state index in [4.69, 9.17) is 5.11 Å². The van der Waals surface area contributed by atoms with Crippen LogP contribution in [0.15, 0.2) is 24.3 Å². The zero-order chi connectivity index (χ0) is 10.1. The SMILES string of the molecule is O=C(O)c1cc2cc(CS)ccc2s1. The molecular formula is C10H8O2S2. The summed E-state index contributed by atoms with van der Waals surface area (Å²) in [7, 11) is 0. The number of carboxylic acids is 1. The minimum Gasteiger partial charge on any atom is -0.477 e. The molecule has 0 aliphatic carbocycles. The van der Waals surface area contributed by atoms with Gasteiger partial charge in [0, 0.05) is 10.5 Å². The molecule has 4 heteroatoms. The van der Waals surface area contributed by atoms with E-state index in [2.05, 4.69) is 12.6 Å².